The third-order valence-electron chi connectivity index (χ3n) is 12.8. The smallest absolute Gasteiger partial charge is 0.410 e. The molecule has 0 spiro atoms. The largest absolute Gasteiger partial charge is 0.460 e. The van der Waals surface area contributed by atoms with Crippen LogP contribution in [-0.2, 0) is 53.1 Å². The van der Waals surface area contributed by atoms with Gasteiger partial charge in [-0.2, -0.15) is 4.98 Å². The van der Waals surface area contributed by atoms with Crippen LogP contribution in [0.4, 0.5) is 22.2 Å². The minimum Gasteiger partial charge on any atom is -0.460 e. The van der Waals surface area contributed by atoms with Gasteiger partial charge in [0.2, 0.25) is 24.1 Å². The van der Waals surface area contributed by atoms with Crippen molar-refractivity contribution in [3.05, 3.63) is 83.1 Å². The van der Waals surface area contributed by atoms with Crippen LogP contribution in [0.1, 0.15) is 74.1 Å². The molecule has 5 heterocycles. The summed E-state index contributed by atoms with van der Waals surface area (Å²) in [5, 5.41) is 39.7. The van der Waals surface area contributed by atoms with Crippen LogP contribution in [0.5, 0.6) is 5.75 Å². The van der Waals surface area contributed by atoms with Gasteiger partial charge in [-0.3, -0.25) is 29.0 Å². The summed E-state index contributed by atoms with van der Waals surface area (Å²) in [5.74, 6) is -0.323. The number of nitrogens with zero attached hydrogens (tertiary/aromatic N) is 6. The maximum atomic E-state index is 13.3. The van der Waals surface area contributed by atoms with Gasteiger partial charge in [0, 0.05) is 83.5 Å². The van der Waals surface area contributed by atoms with Crippen molar-refractivity contribution in [2.24, 2.45) is 0 Å². The van der Waals surface area contributed by atoms with E-state index >= 15 is 0 Å². The number of aromatic nitrogens is 3. The van der Waals surface area contributed by atoms with Crippen molar-refractivity contribution in [2.45, 2.75) is 103 Å². The molecule has 8 N–H and O–H groups in total. The van der Waals surface area contributed by atoms with Gasteiger partial charge in [0.1, 0.15) is 36.2 Å². The first kappa shape index (κ1) is 54.1. The van der Waals surface area contributed by atoms with E-state index in [1.807, 2.05) is 12.3 Å². The number of piperazine rings is 1. The molecule has 5 amide bonds. The van der Waals surface area contributed by atoms with Crippen molar-refractivity contribution in [2.75, 3.05) is 82.0 Å². The summed E-state index contributed by atoms with van der Waals surface area (Å²) in [7, 11) is 0. The first-order valence-corrected chi connectivity index (χ1v) is 25.0. The Kier molecular flexibility index (Phi) is 19.5. The number of aryl methyl sites for hydroxylation is 1. The fraction of sp³-hybridized carbons (Fsp3) is 0.510. The standard InChI is InChI=1S/C51H68N10O12/c1-3-4-6-18-54-48-45-37(56-50(52)57-48)15-19-60(45)30-36-11-9-34(27-33(36)2)29-58-20-22-59(23-21-58)51(69)72-31-35-10-12-40(73-49-47(68)46(67)39(62)32-71-49)38(28-35)55-42(64)8-5-7-17-53-41(63)16-25-70-26-24-61-43(65)13-14-44(61)66/h9-15,19,27-28,39,46-47,49,62,67-68H,3-8,16-18,20-26,29-32H2,1-2H3,(H,53,63)(H,55,64)(H3,52,54,56,57)/t39-,46+,47-,49+/m1/s1. The zero-order valence-electron chi connectivity index (χ0n) is 41.5. The number of unbranched alkanes of at least 4 members (excludes halogenated alkanes) is 3. The molecule has 7 rings (SSSR count). The van der Waals surface area contributed by atoms with E-state index in [-0.39, 0.29) is 75.0 Å². The molecular weight excluding hydrogens is 945 g/mol. The van der Waals surface area contributed by atoms with Crippen molar-refractivity contribution < 1.29 is 58.2 Å². The van der Waals surface area contributed by atoms with E-state index in [1.54, 1.807) is 17.0 Å². The summed E-state index contributed by atoms with van der Waals surface area (Å²) in [6, 6.07) is 13.2. The fourth-order valence-electron chi connectivity index (χ4n) is 8.65. The number of nitrogens with two attached hydrogens (primary N) is 1. The lowest BCUT2D eigenvalue weighted by atomic mass is 10.0. The molecule has 2 aromatic heterocycles. The van der Waals surface area contributed by atoms with Crippen LogP contribution in [0.2, 0.25) is 0 Å². The molecular formula is C51H68N10O12. The molecule has 0 aliphatic carbocycles. The number of anilines is 3. The first-order chi connectivity index (χ1) is 35.3. The van der Waals surface area contributed by atoms with Gasteiger partial charge in [-0.1, -0.05) is 44.0 Å². The minimum absolute atomic E-state index is 0.0827. The van der Waals surface area contributed by atoms with Gasteiger partial charge in [-0.05, 0) is 66.6 Å². The van der Waals surface area contributed by atoms with E-state index in [9.17, 15) is 39.3 Å². The van der Waals surface area contributed by atoms with E-state index in [4.69, 9.17) is 24.7 Å². The van der Waals surface area contributed by atoms with Gasteiger partial charge in [-0.15, -0.1) is 0 Å². The number of amides is 5. The Hall–Kier alpha value is -6.69. The van der Waals surface area contributed by atoms with E-state index < -0.39 is 42.5 Å². The molecule has 2 saturated heterocycles. The van der Waals surface area contributed by atoms with Gasteiger partial charge < -0.3 is 65.4 Å². The molecule has 4 aromatic rings. The third kappa shape index (κ3) is 15.2. The van der Waals surface area contributed by atoms with Crippen LogP contribution in [0, 0.1) is 6.92 Å². The molecule has 73 heavy (non-hydrogen) atoms. The maximum Gasteiger partial charge on any atom is 0.410 e. The Morgan fingerprint density at radius 1 is 0.849 bits per heavy atom. The molecule has 2 fully saturated rings. The van der Waals surface area contributed by atoms with Gasteiger partial charge in [0.15, 0.2) is 5.82 Å². The van der Waals surface area contributed by atoms with Crippen LogP contribution in [0.15, 0.2) is 60.8 Å². The van der Waals surface area contributed by atoms with Crippen molar-refractivity contribution in [3.63, 3.8) is 0 Å². The zero-order valence-corrected chi connectivity index (χ0v) is 41.5. The van der Waals surface area contributed by atoms with Crippen molar-refractivity contribution in [3.8, 4) is 5.75 Å². The second kappa shape index (κ2) is 26.3. The third-order valence-corrected chi connectivity index (χ3v) is 12.8. The lowest BCUT2D eigenvalue weighted by Gasteiger charge is -2.35. The van der Waals surface area contributed by atoms with Crippen LogP contribution < -0.4 is 26.4 Å². The number of ether oxygens (including phenoxy) is 4. The maximum absolute atomic E-state index is 13.3. The summed E-state index contributed by atoms with van der Waals surface area (Å²) >= 11 is 0. The SMILES string of the molecule is CCCCCNc1nc(N)nc2ccn(Cc3ccc(CN4CCN(C(=O)OCc5ccc(O[C@@H]6OC[C@@H](O)[C@H](O)[C@H]6O)c(NC(=O)CCCCNC(=O)CCOCCN6C(=O)C=CC6=O)c5)CC4)cc3C)c12. The number of nitrogens with one attached hydrogen (secondary N) is 3. The Labute approximate surface area is 423 Å². The Morgan fingerprint density at radius 3 is 2.38 bits per heavy atom. The number of carbonyl (C=O) groups excluding carboxylic acids is 5. The highest BCUT2D eigenvalue weighted by molar-refractivity contribution is 6.12. The average molecular weight is 1010 g/mol. The monoisotopic (exact) mass is 1010 g/mol. The molecule has 0 radical (unpaired) electrons. The number of benzene rings is 2. The number of nitrogen functional groups attached to an aromatic ring is 1. The number of rotatable bonds is 25. The molecule has 3 aliphatic rings. The van der Waals surface area contributed by atoms with E-state index in [1.165, 1.54) is 34.9 Å². The summed E-state index contributed by atoms with van der Waals surface area (Å²) in [6.45, 7) is 8.97. The van der Waals surface area contributed by atoms with E-state index in [0.29, 0.717) is 57.7 Å². The molecule has 0 saturated carbocycles. The van der Waals surface area contributed by atoms with Crippen molar-refractivity contribution >= 4 is 58.2 Å². The summed E-state index contributed by atoms with van der Waals surface area (Å²) in [4.78, 5) is 76.0. The number of aliphatic hydroxyl groups excluding tert-OH is 3. The van der Waals surface area contributed by atoms with Crippen LogP contribution >= 0.6 is 0 Å². The molecule has 2 aromatic carbocycles. The number of hydrogen-bond acceptors (Lipinski definition) is 17. The van der Waals surface area contributed by atoms with Crippen LogP contribution in [-0.4, -0.2) is 165 Å². The lowest BCUT2D eigenvalue weighted by Crippen LogP contribution is -2.54. The molecule has 4 atom stereocenters. The average Bonchev–Trinajstić information content (AvgIpc) is 3.93. The Balaban J connectivity index is 0.857. The van der Waals surface area contributed by atoms with E-state index in [2.05, 4.69) is 67.4 Å². The topological polar surface area (TPSA) is 285 Å². The Morgan fingerprint density at radius 2 is 1.62 bits per heavy atom. The van der Waals surface area contributed by atoms with Crippen molar-refractivity contribution in [1.82, 2.24) is 34.6 Å². The number of hydrogen-bond donors (Lipinski definition) is 7. The summed E-state index contributed by atoms with van der Waals surface area (Å²) < 4.78 is 24.6. The molecule has 394 valence electrons. The van der Waals surface area contributed by atoms with Crippen LogP contribution in [0.25, 0.3) is 11.0 Å². The molecule has 22 nitrogen and oxygen atoms in total. The van der Waals surface area contributed by atoms with Gasteiger partial charge in [0.25, 0.3) is 11.8 Å². The number of carbonyl (C=O) groups is 5. The summed E-state index contributed by atoms with van der Waals surface area (Å²) in [5.41, 5.74) is 12.0. The number of aliphatic hydroxyl groups is 3. The van der Waals surface area contributed by atoms with Gasteiger partial charge in [0.05, 0.1) is 37.6 Å². The molecule has 22 heteroatoms. The normalized spacial score (nSPS) is 19.1. The lowest BCUT2D eigenvalue weighted by molar-refractivity contribution is -0.241. The highest BCUT2D eigenvalue weighted by Crippen LogP contribution is 2.31. The molecule has 3 aliphatic heterocycles. The van der Waals surface area contributed by atoms with Crippen molar-refractivity contribution in [1.29, 1.82) is 0 Å². The number of imide groups is 1. The van der Waals surface area contributed by atoms with Crippen LogP contribution in [0.3, 0.4) is 0 Å². The number of fused-ring (bicyclic) bond motifs is 1. The minimum atomic E-state index is -1.58. The second-order valence-corrected chi connectivity index (χ2v) is 18.4. The van der Waals surface area contributed by atoms with Gasteiger partial charge >= 0.3 is 6.09 Å². The molecule has 0 unspecified atom stereocenters. The predicted octanol–water partition coefficient (Wildman–Crippen LogP) is 2.80. The zero-order chi connectivity index (χ0) is 51.9. The van der Waals surface area contributed by atoms with E-state index in [0.717, 1.165) is 54.1 Å². The predicted molar refractivity (Wildman–Crippen MR) is 269 cm³/mol. The van der Waals surface area contributed by atoms with Gasteiger partial charge in [-0.25, -0.2) is 9.78 Å². The highest BCUT2D eigenvalue weighted by atomic mass is 16.7. The molecule has 0 bridgehead atoms. The summed E-state index contributed by atoms with van der Waals surface area (Å²) in [6.07, 6.45) is 2.56. The first-order valence-electron chi connectivity index (χ1n) is 25.0. The second-order valence-electron chi connectivity index (χ2n) is 18.4. The quantitative estimate of drug-likeness (QED) is 0.0371. The highest BCUT2D eigenvalue weighted by Gasteiger charge is 2.39. The fourth-order valence-corrected chi connectivity index (χ4v) is 8.65. The Bertz CT molecular complexity index is 2570.